The fraction of sp³-hybridized carbons (Fsp3) is 0.747. The highest BCUT2D eigenvalue weighted by atomic mass is 31.2. The molecule has 630 valence electrons. The smallest absolute Gasteiger partial charge is 0.463 e. The molecule has 18 heteroatoms. The van der Waals surface area contributed by atoms with Crippen molar-refractivity contribution in [2.45, 2.75) is 399 Å². The van der Waals surface area contributed by atoms with E-state index in [9.17, 15) is 43.5 Å². The molecule has 5 atom stereocenters. The fourth-order valence-corrected chi connectivity index (χ4v) is 13.6. The predicted molar refractivity (Wildman–Crippen MR) is 454 cm³/mol. The summed E-state index contributed by atoms with van der Waals surface area (Å²) in [5.41, 5.74) is 0. The molecule has 0 spiro atoms. The molecule has 0 aromatic carbocycles. The molecule has 0 bridgehead atoms. The van der Waals surface area contributed by atoms with Gasteiger partial charge in [-0.15, -0.1) is 0 Å². The molecule has 0 heterocycles. The van der Waals surface area contributed by atoms with Crippen LogP contribution >= 0.6 is 15.6 Å². The largest absolute Gasteiger partial charge is 0.472 e. The molecule has 0 aliphatic heterocycles. The van der Waals surface area contributed by atoms with Gasteiger partial charge in [0.05, 0.1) is 26.4 Å². The maximum Gasteiger partial charge on any atom is 0.472 e. The van der Waals surface area contributed by atoms with Crippen LogP contribution in [0, 0.1) is 0 Å². The van der Waals surface area contributed by atoms with Crippen LogP contribution < -0.4 is 0 Å². The number of unbranched alkanes of at least 4 members (excludes halogenated alkanes) is 40. The zero-order chi connectivity index (χ0) is 79.4. The normalized spacial score (nSPS) is 14.4. The Kier molecular flexibility index (Phi) is 80.3. The number of ether oxygens (including phenoxy) is 3. The van der Waals surface area contributed by atoms with E-state index >= 15 is 0 Å². The van der Waals surface area contributed by atoms with E-state index in [-0.39, 0.29) is 19.3 Å². The maximum absolute atomic E-state index is 13.0. The van der Waals surface area contributed by atoms with Gasteiger partial charge in [0.15, 0.2) is 6.10 Å². The summed E-state index contributed by atoms with van der Waals surface area (Å²) in [5, 5.41) is 20.7. The Hall–Kier alpha value is -4.05. The number of carbonyl (C=O) groups excluding carboxylic acids is 3. The van der Waals surface area contributed by atoms with Gasteiger partial charge in [0.25, 0.3) is 0 Å². The van der Waals surface area contributed by atoms with Gasteiger partial charge in [0.2, 0.25) is 0 Å². The van der Waals surface area contributed by atoms with Crippen molar-refractivity contribution >= 4 is 33.6 Å². The van der Waals surface area contributed by atoms with Gasteiger partial charge in [-0.3, -0.25) is 32.5 Å². The van der Waals surface area contributed by atoms with E-state index in [1.54, 1.807) is 0 Å². The zero-order valence-corrected chi connectivity index (χ0v) is 71.0. The summed E-state index contributed by atoms with van der Waals surface area (Å²) in [6.45, 7) is 2.58. The lowest BCUT2D eigenvalue weighted by atomic mass is 10.0. The van der Waals surface area contributed by atoms with Gasteiger partial charge in [-0.05, 0) is 116 Å². The second kappa shape index (κ2) is 83.4. The number of aliphatic hydroxyl groups is 2. The molecule has 109 heavy (non-hydrogen) atoms. The topological polar surface area (TPSA) is 231 Å². The van der Waals surface area contributed by atoms with Crippen molar-refractivity contribution in [3.8, 4) is 0 Å². The zero-order valence-electron chi connectivity index (χ0n) is 69.2. The third kappa shape index (κ3) is 84.7. The van der Waals surface area contributed by atoms with Gasteiger partial charge in [-0.1, -0.05) is 367 Å². The first-order valence-electron chi connectivity index (χ1n) is 43.8. The average Bonchev–Trinajstić information content (AvgIpc) is 0.904. The molecule has 0 radical (unpaired) electrons. The number of phosphoric ester groups is 2. The van der Waals surface area contributed by atoms with Gasteiger partial charge < -0.3 is 34.2 Å². The second-order valence-corrected chi connectivity index (χ2v) is 32.2. The van der Waals surface area contributed by atoms with E-state index in [4.69, 9.17) is 32.3 Å². The molecule has 0 aliphatic carbocycles. The Labute approximate surface area is 665 Å². The van der Waals surface area contributed by atoms with Crippen LogP contribution in [0.5, 0.6) is 0 Å². The number of aliphatic hydroxyl groups excluding tert-OH is 2. The van der Waals surface area contributed by atoms with Crippen LogP contribution in [0.4, 0.5) is 0 Å². The molecule has 4 N–H and O–H groups in total. The number of rotatable bonds is 83. The highest BCUT2D eigenvalue weighted by molar-refractivity contribution is 7.47. The van der Waals surface area contributed by atoms with Crippen molar-refractivity contribution in [2.75, 3.05) is 39.6 Å². The third-order valence-electron chi connectivity index (χ3n) is 18.7. The van der Waals surface area contributed by atoms with Gasteiger partial charge in [0, 0.05) is 19.3 Å². The van der Waals surface area contributed by atoms with Crippen LogP contribution in [0.3, 0.4) is 0 Å². The number of allylic oxidation sites excluding steroid dienone is 20. The summed E-state index contributed by atoms with van der Waals surface area (Å²) in [5.74, 6) is -1.58. The Bertz CT molecular complexity index is 2460. The number of phosphoric acid groups is 2. The van der Waals surface area contributed by atoms with Crippen LogP contribution in [-0.4, -0.2) is 95.9 Å². The molecule has 0 amide bonds. The van der Waals surface area contributed by atoms with Gasteiger partial charge in [0.1, 0.15) is 25.4 Å². The van der Waals surface area contributed by atoms with Crippen LogP contribution in [0.2, 0.25) is 0 Å². The first kappa shape index (κ1) is 105. The van der Waals surface area contributed by atoms with Crippen LogP contribution in [0.1, 0.15) is 380 Å². The molecule has 0 rings (SSSR count). The summed E-state index contributed by atoms with van der Waals surface area (Å²) < 4.78 is 61.3. The molecule has 16 nitrogen and oxygen atoms in total. The minimum absolute atomic E-state index is 0.103. The summed E-state index contributed by atoms with van der Waals surface area (Å²) in [6.07, 6.45) is 101. The lowest BCUT2D eigenvalue weighted by Crippen LogP contribution is -2.30. The van der Waals surface area contributed by atoms with E-state index in [0.717, 1.165) is 141 Å². The fourth-order valence-electron chi connectivity index (χ4n) is 12.0. The van der Waals surface area contributed by atoms with E-state index < -0.39 is 91.5 Å². The van der Waals surface area contributed by atoms with Crippen molar-refractivity contribution in [1.82, 2.24) is 0 Å². The van der Waals surface area contributed by atoms with Crippen LogP contribution in [0.25, 0.3) is 0 Å². The average molecular weight is 1570 g/mol. The lowest BCUT2D eigenvalue weighted by Gasteiger charge is -2.21. The highest BCUT2D eigenvalue weighted by Crippen LogP contribution is 2.45. The number of esters is 3. The Balaban J connectivity index is 4.47. The molecule has 0 aromatic rings. The Morgan fingerprint density at radius 3 is 0.789 bits per heavy atom. The van der Waals surface area contributed by atoms with E-state index in [1.807, 2.05) is 0 Å². The first-order valence-corrected chi connectivity index (χ1v) is 46.8. The second-order valence-electron chi connectivity index (χ2n) is 29.3. The summed E-state index contributed by atoms with van der Waals surface area (Å²) in [4.78, 5) is 58.8. The monoisotopic (exact) mass is 1570 g/mol. The minimum Gasteiger partial charge on any atom is -0.463 e. The molecule has 0 saturated heterocycles. The van der Waals surface area contributed by atoms with Crippen LogP contribution in [0.15, 0.2) is 122 Å². The summed E-state index contributed by atoms with van der Waals surface area (Å²) >= 11 is 0. The van der Waals surface area contributed by atoms with Crippen molar-refractivity contribution in [3.63, 3.8) is 0 Å². The Morgan fingerprint density at radius 2 is 0.486 bits per heavy atom. The van der Waals surface area contributed by atoms with Gasteiger partial charge in [-0.25, -0.2) is 9.13 Å². The standard InChI is InChI=1S/C91H160O16P2/c1-4-7-10-13-16-19-22-25-28-30-32-34-36-38-39-40-41-42-43-44-45-47-49-50-52-54-57-59-62-65-68-71-74-77-89(94)101-80-86(92)81-103-108(97,98)104-82-87(93)83-105-109(99,100)106-85-88(107-91(96)79-76-73-70-67-64-61-56-27-24-21-18-15-12-9-6-3)84-102-90(95)78-75-72-69-66-63-60-58-55-53-51-48-46-37-35-33-31-29-26-23-20-17-14-11-8-5-2/h8,11,16-17,19-20,25-26,28-29,32-35,38-39,46,48,53,55,86-88,92-93H,4-7,9-10,12-15,18,21-24,27,30-31,36-37,40-45,47,49-52,54,56-85H2,1-3H3,(H,97,98)(H,99,100)/b11-8-,19-16-,20-17-,28-25-,29-26-,34-32-,35-33-,39-38-,48-46-,55-53-. The van der Waals surface area contributed by atoms with E-state index in [2.05, 4.69) is 142 Å². The molecule has 0 aliphatic rings. The lowest BCUT2D eigenvalue weighted by molar-refractivity contribution is -0.161. The maximum atomic E-state index is 13.0. The van der Waals surface area contributed by atoms with Crippen molar-refractivity contribution in [3.05, 3.63) is 122 Å². The summed E-state index contributed by atoms with van der Waals surface area (Å²) in [6, 6.07) is 0. The molecular weight excluding hydrogens is 1410 g/mol. The van der Waals surface area contributed by atoms with E-state index in [1.165, 1.54) is 180 Å². The van der Waals surface area contributed by atoms with Gasteiger partial charge >= 0.3 is 33.6 Å². The van der Waals surface area contributed by atoms with Crippen LogP contribution in [-0.2, 0) is 55.8 Å². The quantitative estimate of drug-likeness (QED) is 0.0146. The molecule has 5 unspecified atom stereocenters. The molecular formula is C91H160O16P2. The predicted octanol–water partition coefficient (Wildman–Crippen LogP) is 26.4. The summed E-state index contributed by atoms with van der Waals surface area (Å²) in [7, 11) is -9.79. The molecule has 0 aromatic heterocycles. The molecule has 0 fully saturated rings. The van der Waals surface area contributed by atoms with Gasteiger partial charge in [-0.2, -0.15) is 0 Å². The van der Waals surface area contributed by atoms with Crippen molar-refractivity contribution in [2.24, 2.45) is 0 Å². The minimum atomic E-state index is -4.94. The number of hydrogen-bond donors (Lipinski definition) is 4. The number of hydrogen-bond acceptors (Lipinski definition) is 14. The van der Waals surface area contributed by atoms with Crippen molar-refractivity contribution < 1.29 is 75.8 Å². The Morgan fingerprint density at radius 1 is 0.266 bits per heavy atom. The third-order valence-corrected chi connectivity index (χ3v) is 20.6. The molecule has 0 saturated carbocycles. The van der Waals surface area contributed by atoms with Crippen molar-refractivity contribution in [1.29, 1.82) is 0 Å². The SMILES string of the molecule is CC/C=C\C/C=C\C/C=C\C/C=C\C/C=C\C/C=C\CCCCCCCCC(=O)OCC(COP(=O)(O)OCC(O)COP(=O)(O)OCC(O)COC(=O)CCCCCCCCCCCCCCCCCCC/C=C\C/C=C\C/C=C\C/C=C\CCCCC)OC(=O)CCCCCCCCCCCCCCCCC. The highest BCUT2D eigenvalue weighted by Gasteiger charge is 2.29. The number of carbonyl (C=O) groups is 3. The van der Waals surface area contributed by atoms with E-state index in [0.29, 0.717) is 19.3 Å². The first-order chi connectivity index (χ1) is 53.2.